The van der Waals surface area contributed by atoms with E-state index in [1.54, 1.807) is 13.1 Å². The molecule has 0 radical (unpaired) electrons. The summed E-state index contributed by atoms with van der Waals surface area (Å²) in [4.78, 5) is 16.0. The molecule has 1 fully saturated rings. The van der Waals surface area contributed by atoms with Gasteiger partial charge < -0.3 is 24.3 Å². The zero-order chi connectivity index (χ0) is 14.5. The maximum Gasteiger partial charge on any atom is 0.341 e. The molecule has 1 saturated heterocycles. The quantitative estimate of drug-likeness (QED) is 0.810. The average molecular weight is 282 g/mol. The van der Waals surface area contributed by atoms with Crippen molar-refractivity contribution in [3.63, 3.8) is 0 Å². The smallest absolute Gasteiger partial charge is 0.341 e. The van der Waals surface area contributed by atoms with E-state index >= 15 is 0 Å². The van der Waals surface area contributed by atoms with Gasteiger partial charge in [-0.2, -0.15) is 4.98 Å². The van der Waals surface area contributed by atoms with Crippen LogP contribution >= 0.6 is 0 Å². The fourth-order valence-corrected chi connectivity index (χ4v) is 1.95. The van der Waals surface area contributed by atoms with E-state index in [0.717, 1.165) is 6.42 Å². The summed E-state index contributed by atoms with van der Waals surface area (Å²) in [7, 11) is 4.48. The summed E-state index contributed by atoms with van der Waals surface area (Å²) in [5.41, 5.74) is 0.296. The van der Waals surface area contributed by atoms with Crippen LogP contribution in [0.5, 0.6) is 11.6 Å². The highest BCUT2D eigenvalue weighted by Gasteiger charge is 2.23. The average Bonchev–Trinajstić information content (AvgIpc) is 2.99. The second kappa shape index (κ2) is 6.42. The number of hydrogen-bond acceptors (Lipinski definition) is 7. The standard InChI is InChI=1S/C13H18N2O5/c1-14-11-9(13(16)18-3)6-10(12(15-11)17-2)20-8-4-5-19-7-8/h6,8H,4-5,7H2,1-3H3,(H,14,15)/t8-/m0/s1. The summed E-state index contributed by atoms with van der Waals surface area (Å²) in [6, 6.07) is 1.57. The van der Waals surface area contributed by atoms with Gasteiger partial charge in [-0.1, -0.05) is 0 Å². The van der Waals surface area contributed by atoms with Crippen molar-refractivity contribution in [2.45, 2.75) is 12.5 Å². The second-order valence-electron chi connectivity index (χ2n) is 4.24. The molecule has 110 valence electrons. The van der Waals surface area contributed by atoms with Crippen LogP contribution in [0.2, 0.25) is 0 Å². The minimum absolute atomic E-state index is 0.0587. The number of nitrogens with one attached hydrogen (secondary N) is 1. The Labute approximate surface area is 117 Å². The molecule has 1 N–H and O–H groups in total. The van der Waals surface area contributed by atoms with Gasteiger partial charge in [0.2, 0.25) is 0 Å². The highest BCUT2D eigenvalue weighted by atomic mass is 16.6. The minimum Gasteiger partial charge on any atom is -0.482 e. The van der Waals surface area contributed by atoms with E-state index in [1.165, 1.54) is 14.2 Å². The van der Waals surface area contributed by atoms with Crippen LogP contribution < -0.4 is 14.8 Å². The third-order valence-electron chi connectivity index (χ3n) is 2.97. The number of ether oxygens (including phenoxy) is 4. The Kier molecular flexibility index (Phi) is 4.62. The third kappa shape index (κ3) is 2.93. The van der Waals surface area contributed by atoms with Crippen LogP contribution in [0.3, 0.4) is 0 Å². The van der Waals surface area contributed by atoms with Crippen LogP contribution in [-0.4, -0.2) is 51.5 Å². The normalized spacial score (nSPS) is 17.6. The molecule has 1 aromatic heterocycles. The summed E-state index contributed by atoms with van der Waals surface area (Å²) in [6.45, 7) is 1.18. The van der Waals surface area contributed by atoms with E-state index < -0.39 is 5.97 Å². The van der Waals surface area contributed by atoms with Gasteiger partial charge in [-0.05, 0) is 0 Å². The summed E-state index contributed by atoms with van der Waals surface area (Å²) in [6.07, 6.45) is 0.737. The number of esters is 1. The molecule has 0 aliphatic carbocycles. The molecule has 1 aliphatic rings. The Morgan fingerprint density at radius 3 is 2.85 bits per heavy atom. The van der Waals surface area contributed by atoms with Crippen molar-refractivity contribution < 1.29 is 23.7 Å². The molecule has 0 spiro atoms. The number of carbonyl (C=O) groups is 1. The van der Waals surface area contributed by atoms with Gasteiger partial charge in [0.15, 0.2) is 5.75 Å². The zero-order valence-corrected chi connectivity index (χ0v) is 11.8. The molecule has 0 saturated carbocycles. The lowest BCUT2D eigenvalue weighted by atomic mass is 10.2. The van der Waals surface area contributed by atoms with Gasteiger partial charge in [0.05, 0.1) is 27.4 Å². The van der Waals surface area contributed by atoms with E-state index in [1.807, 2.05) is 0 Å². The lowest BCUT2D eigenvalue weighted by molar-refractivity contribution is 0.0600. The van der Waals surface area contributed by atoms with E-state index in [-0.39, 0.29) is 6.10 Å². The summed E-state index contributed by atoms with van der Waals surface area (Å²) in [5, 5.41) is 2.83. The highest BCUT2D eigenvalue weighted by molar-refractivity contribution is 5.95. The van der Waals surface area contributed by atoms with Crippen LogP contribution in [0.4, 0.5) is 5.82 Å². The number of hydrogen-bond donors (Lipinski definition) is 1. The van der Waals surface area contributed by atoms with Crippen molar-refractivity contribution in [2.75, 3.05) is 39.8 Å². The van der Waals surface area contributed by atoms with E-state index in [2.05, 4.69) is 10.3 Å². The zero-order valence-electron chi connectivity index (χ0n) is 11.8. The lowest BCUT2D eigenvalue weighted by Gasteiger charge is -2.16. The van der Waals surface area contributed by atoms with E-state index in [0.29, 0.717) is 36.2 Å². The second-order valence-corrected chi connectivity index (χ2v) is 4.24. The van der Waals surface area contributed by atoms with Gasteiger partial charge in [0, 0.05) is 19.5 Å². The molecule has 0 bridgehead atoms. The molecule has 20 heavy (non-hydrogen) atoms. The Morgan fingerprint density at radius 1 is 1.50 bits per heavy atom. The van der Waals surface area contributed by atoms with Crippen molar-refractivity contribution in [3.8, 4) is 11.6 Å². The predicted molar refractivity (Wildman–Crippen MR) is 71.5 cm³/mol. The maximum atomic E-state index is 11.8. The third-order valence-corrected chi connectivity index (χ3v) is 2.97. The number of nitrogens with zero attached hydrogens (tertiary/aromatic N) is 1. The first-order valence-corrected chi connectivity index (χ1v) is 6.29. The van der Waals surface area contributed by atoms with Crippen LogP contribution in [0, 0.1) is 0 Å². The molecule has 0 amide bonds. The number of carbonyl (C=O) groups excluding carboxylic acids is 1. The Hall–Kier alpha value is -2.02. The van der Waals surface area contributed by atoms with Crippen molar-refractivity contribution in [1.82, 2.24) is 4.98 Å². The van der Waals surface area contributed by atoms with Crippen LogP contribution in [0.25, 0.3) is 0 Å². The van der Waals surface area contributed by atoms with Crippen molar-refractivity contribution in [3.05, 3.63) is 11.6 Å². The first kappa shape index (κ1) is 14.4. The maximum absolute atomic E-state index is 11.8. The minimum atomic E-state index is -0.489. The van der Waals surface area contributed by atoms with Crippen LogP contribution in [0.15, 0.2) is 6.07 Å². The van der Waals surface area contributed by atoms with Crippen molar-refractivity contribution in [1.29, 1.82) is 0 Å². The molecule has 0 unspecified atom stereocenters. The Bertz CT molecular complexity index is 486. The van der Waals surface area contributed by atoms with Gasteiger partial charge >= 0.3 is 5.97 Å². The van der Waals surface area contributed by atoms with Crippen molar-refractivity contribution in [2.24, 2.45) is 0 Å². The summed E-state index contributed by atoms with van der Waals surface area (Å²) >= 11 is 0. The molecule has 1 aromatic rings. The van der Waals surface area contributed by atoms with Gasteiger partial charge in [-0.25, -0.2) is 4.79 Å². The fourth-order valence-electron chi connectivity index (χ4n) is 1.95. The number of pyridine rings is 1. The Balaban J connectivity index is 2.34. The van der Waals surface area contributed by atoms with E-state index in [4.69, 9.17) is 18.9 Å². The van der Waals surface area contributed by atoms with Crippen molar-refractivity contribution >= 4 is 11.8 Å². The largest absolute Gasteiger partial charge is 0.482 e. The summed E-state index contributed by atoms with van der Waals surface area (Å²) < 4.78 is 21.0. The number of anilines is 1. The number of aromatic nitrogens is 1. The molecule has 1 aliphatic heterocycles. The monoisotopic (exact) mass is 282 g/mol. The Morgan fingerprint density at radius 2 is 2.30 bits per heavy atom. The SMILES string of the molecule is CNc1nc(OC)c(O[C@H]2CCOC2)cc1C(=O)OC. The summed E-state index contributed by atoms with van der Waals surface area (Å²) in [5.74, 6) is 0.608. The predicted octanol–water partition coefficient (Wildman–Crippen LogP) is 1.09. The fraction of sp³-hybridized carbons (Fsp3) is 0.538. The van der Waals surface area contributed by atoms with Gasteiger partial charge in [0.1, 0.15) is 17.5 Å². The molecular formula is C13H18N2O5. The topological polar surface area (TPSA) is 78.9 Å². The van der Waals surface area contributed by atoms with Crippen LogP contribution in [0.1, 0.15) is 16.8 Å². The first-order valence-electron chi connectivity index (χ1n) is 6.29. The molecule has 7 heteroatoms. The molecule has 2 heterocycles. The van der Waals surface area contributed by atoms with E-state index in [9.17, 15) is 4.79 Å². The number of rotatable bonds is 5. The first-order chi connectivity index (χ1) is 9.69. The van der Waals surface area contributed by atoms with Gasteiger partial charge in [-0.15, -0.1) is 0 Å². The molecular weight excluding hydrogens is 264 g/mol. The highest BCUT2D eigenvalue weighted by Crippen LogP contribution is 2.31. The molecule has 2 rings (SSSR count). The van der Waals surface area contributed by atoms with Gasteiger partial charge in [0.25, 0.3) is 5.88 Å². The lowest BCUT2D eigenvalue weighted by Crippen LogP contribution is -2.17. The molecule has 0 aromatic carbocycles. The molecule has 1 atom stereocenters. The van der Waals surface area contributed by atoms with Gasteiger partial charge in [-0.3, -0.25) is 0 Å². The number of methoxy groups -OCH3 is 2. The molecule has 7 nitrogen and oxygen atoms in total. The van der Waals surface area contributed by atoms with Crippen LogP contribution in [-0.2, 0) is 9.47 Å².